The van der Waals surface area contributed by atoms with Crippen LogP contribution < -0.4 is 27.5 Å². The first-order valence-electron chi connectivity index (χ1n) is 13.0. The van der Waals surface area contributed by atoms with Gasteiger partial charge < -0.3 is 11.1 Å². The number of aryl methyl sites for hydroxylation is 1. The Balaban J connectivity index is 1.59. The normalized spacial score (nSPS) is 17.7. The Kier molecular flexibility index (Phi) is 8.11. The molecular weight excluding hydrogens is 565 g/mol. The Bertz CT molecular complexity index is 1690. The van der Waals surface area contributed by atoms with E-state index in [-0.39, 0.29) is 28.6 Å². The molecule has 5 N–H and O–H groups in total. The van der Waals surface area contributed by atoms with E-state index in [0.29, 0.717) is 46.9 Å². The van der Waals surface area contributed by atoms with Crippen LogP contribution in [0.1, 0.15) is 37.8 Å². The van der Waals surface area contributed by atoms with Gasteiger partial charge in [0.2, 0.25) is 5.91 Å². The van der Waals surface area contributed by atoms with Gasteiger partial charge in [-0.3, -0.25) is 28.8 Å². The number of pyridine rings is 1. The van der Waals surface area contributed by atoms with Crippen molar-refractivity contribution in [3.05, 3.63) is 87.5 Å². The molecule has 41 heavy (non-hydrogen) atoms. The zero-order chi connectivity index (χ0) is 29.3. The fourth-order valence-electron chi connectivity index (χ4n) is 5.04. The summed E-state index contributed by atoms with van der Waals surface area (Å²) in [6.07, 6.45) is 9.90. The number of benzene rings is 1. The number of carbonyl (C=O) groups excluding carboxylic acids is 1. The zero-order valence-corrected chi connectivity index (χ0v) is 24.0. The Morgan fingerprint density at radius 1 is 1.17 bits per heavy atom. The van der Waals surface area contributed by atoms with Crippen LogP contribution in [0.3, 0.4) is 0 Å². The number of nitrogens with two attached hydrogens (primary N) is 2. The number of anilines is 2. The molecule has 1 amide bonds. The molecule has 0 aliphatic carbocycles. The molecule has 2 bridgehead atoms. The number of carbonyl (C=O) groups is 1. The third-order valence-electron chi connectivity index (χ3n) is 7.12. The molecule has 0 radical (unpaired) electrons. The number of hydrogen-bond acceptors (Lipinski definition) is 8. The third-order valence-corrected chi connectivity index (χ3v) is 7.46. The predicted octanol–water partition coefficient (Wildman–Crippen LogP) is 4.38. The average molecular weight is 595 g/mol. The summed E-state index contributed by atoms with van der Waals surface area (Å²) in [5.41, 5.74) is 9.68. The molecule has 1 aromatic carbocycles. The van der Waals surface area contributed by atoms with Crippen LogP contribution in [0.4, 0.5) is 11.4 Å². The summed E-state index contributed by atoms with van der Waals surface area (Å²) in [5.74, 6) is 5.83. The first kappa shape index (κ1) is 28.3. The van der Waals surface area contributed by atoms with Crippen LogP contribution in [-0.4, -0.2) is 30.2 Å². The number of nitrogens with one attached hydrogen (secondary N) is 1. The maximum absolute atomic E-state index is 13.6. The third kappa shape index (κ3) is 5.97. The van der Waals surface area contributed by atoms with E-state index in [1.54, 1.807) is 53.1 Å². The van der Waals surface area contributed by atoms with Gasteiger partial charge in [-0.2, -0.15) is 5.10 Å². The van der Waals surface area contributed by atoms with Gasteiger partial charge in [0.15, 0.2) is 0 Å². The number of rotatable bonds is 4. The summed E-state index contributed by atoms with van der Waals surface area (Å²) < 4.78 is 3.28. The molecule has 4 heterocycles. The number of nitrogens with zero attached hydrogens (tertiary/aromatic N) is 6. The fraction of sp³-hybridized carbons (Fsp3) is 0.250. The van der Waals surface area contributed by atoms with Crippen molar-refractivity contribution in [1.29, 1.82) is 0 Å². The van der Waals surface area contributed by atoms with Crippen molar-refractivity contribution in [2.45, 2.75) is 32.2 Å². The summed E-state index contributed by atoms with van der Waals surface area (Å²) in [7, 11) is 1.81. The molecule has 5 rings (SSSR count). The van der Waals surface area contributed by atoms with Crippen LogP contribution in [0.2, 0.25) is 5.02 Å². The molecule has 0 saturated heterocycles. The minimum Gasteiger partial charge on any atom is -0.388 e. The van der Waals surface area contributed by atoms with Crippen molar-refractivity contribution in [1.82, 2.24) is 24.3 Å². The highest BCUT2D eigenvalue weighted by molar-refractivity contribution is 6.31. The van der Waals surface area contributed by atoms with Crippen LogP contribution in [0.15, 0.2) is 71.4 Å². The lowest BCUT2D eigenvalue weighted by Gasteiger charge is -2.23. The number of fused-ring (bicyclic) bond motifs is 4. The largest absolute Gasteiger partial charge is 0.388 e. The van der Waals surface area contributed by atoms with Gasteiger partial charge in [0.1, 0.15) is 5.16 Å². The molecule has 0 fully saturated rings. The molecule has 2 atom stereocenters. The van der Waals surface area contributed by atoms with Crippen molar-refractivity contribution in [2.24, 2.45) is 24.5 Å². The first-order chi connectivity index (χ1) is 19.6. The second-order valence-corrected chi connectivity index (χ2v) is 10.8. The van der Waals surface area contributed by atoms with Crippen molar-refractivity contribution in [2.75, 3.05) is 10.3 Å². The SMILES string of the molecule is CC1CCCC(n2cnc(-c3cc(Cl)ccc3N(N)/C=C(\N)Cl)cc2=O)c2cncc(c2)-c2c(cnn2C)NC1=O. The lowest BCUT2D eigenvalue weighted by Crippen LogP contribution is -2.28. The van der Waals surface area contributed by atoms with E-state index in [2.05, 4.69) is 20.4 Å². The van der Waals surface area contributed by atoms with Gasteiger partial charge >= 0.3 is 0 Å². The lowest BCUT2D eigenvalue weighted by atomic mass is 9.95. The highest BCUT2D eigenvalue weighted by Gasteiger charge is 2.24. The van der Waals surface area contributed by atoms with Crippen molar-refractivity contribution >= 4 is 40.5 Å². The summed E-state index contributed by atoms with van der Waals surface area (Å²) in [4.78, 5) is 35.6. The Hall–Kier alpha value is -4.19. The van der Waals surface area contributed by atoms with E-state index in [0.717, 1.165) is 16.8 Å². The van der Waals surface area contributed by atoms with Crippen molar-refractivity contribution < 1.29 is 4.79 Å². The molecule has 3 aromatic heterocycles. The molecular formula is C28H29Cl2N9O2. The summed E-state index contributed by atoms with van der Waals surface area (Å²) in [6.45, 7) is 1.89. The molecule has 2 unspecified atom stereocenters. The van der Waals surface area contributed by atoms with Crippen LogP contribution >= 0.6 is 23.2 Å². The number of hydrazine groups is 1. The average Bonchev–Trinajstić information content (AvgIpc) is 3.29. The van der Waals surface area contributed by atoms with E-state index in [1.807, 2.05) is 13.0 Å². The van der Waals surface area contributed by atoms with Gasteiger partial charge in [-0.15, -0.1) is 0 Å². The molecule has 0 saturated carbocycles. The number of halogens is 2. The van der Waals surface area contributed by atoms with E-state index in [9.17, 15) is 9.59 Å². The standard InChI is InChI=1S/C28H29Cl2N9O2/c1-16-4-3-5-23(17-8-18(12-33-11-17)27-22(36-28(16)41)13-35-37(27)2)38-15-34-21(10-26(38)40)20-9-19(29)6-7-24(20)39(32)14-25(30)31/h6-16,23H,3-5,31-32H2,1-2H3,(H,36,41)/b25-14-. The zero-order valence-electron chi connectivity index (χ0n) is 22.5. The number of aromatic nitrogens is 5. The molecule has 212 valence electrons. The van der Waals surface area contributed by atoms with E-state index < -0.39 is 0 Å². The summed E-state index contributed by atoms with van der Waals surface area (Å²) in [5, 5.41) is 9.02. The van der Waals surface area contributed by atoms with Crippen molar-refractivity contribution in [3.63, 3.8) is 0 Å². The molecule has 11 nitrogen and oxygen atoms in total. The highest BCUT2D eigenvalue weighted by Crippen LogP contribution is 2.34. The Morgan fingerprint density at radius 3 is 2.73 bits per heavy atom. The minimum atomic E-state index is -0.369. The van der Waals surface area contributed by atoms with E-state index >= 15 is 0 Å². The number of hydrogen-bond donors (Lipinski definition) is 3. The van der Waals surface area contributed by atoms with Crippen LogP contribution in [0.25, 0.3) is 22.5 Å². The quantitative estimate of drug-likeness (QED) is 0.179. The lowest BCUT2D eigenvalue weighted by molar-refractivity contribution is -0.119. The maximum atomic E-state index is 13.6. The smallest absolute Gasteiger partial charge is 0.254 e. The first-order valence-corrected chi connectivity index (χ1v) is 13.7. The molecule has 13 heteroatoms. The van der Waals surface area contributed by atoms with E-state index in [1.165, 1.54) is 23.6 Å². The van der Waals surface area contributed by atoms with Gasteiger partial charge in [0, 0.05) is 47.6 Å². The summed E-state index contributed by atoms with van der Waals surface area (Å²) in [6, 6.07) is 8.07. The molecule has 0 spiro atoms. The fourth-order valence-corrected chi connectivity index (χ4v) is 5.32. The highest BCUT2D eigenvalue weighted by atomic mass is 35.5. The maximum Gasteiger partial charge on any atom is 0.254 e. The van der Waals surface area contributed by atoms with E-state index in [4.69, 9.17) is 34.8 Å². The van der Waals surface area contributed by atoms with Gasteiger partial charge in [0.05, 0.1) is 47.5 Å². The Morgan fingerprint density at radius 2 is 1.98 bits per heavy atom. The molecule has 1 aliphatic rings. The van der Waals surface area contributed by atoms with Crippen LogP contribution in [0.5, 0.6) is 0 Å². The Labute approximate surface area is 246 Å². The second kappa shape index (κ2) is 11.7. The number of amides is 1. The van der Waals surface area contributed by atoms with Crippen LogP contribution in [-0.2, 0) is 11.8 Å². The van der Waals surface area contributed by atoms with Gasteiger partial charge in [0.25, 0.3) is 5.56 Å². The predicted molar refractivity (Wildman–Crippen MR) is 160 cm³/mol. The molecule has 1 aliphatic heterocycles. The van der Waals surface area contributed by atoms with Crippen LogP contribution in [0, 0.1) is 5.92 Å². The molecule has 4 aromatic rings. The second-order valence-electron chi connectivity index (χ2n) is 9.98. The van der Waals surface area contributed by atoms with Gasteiger partial charge in [-0.1, -0.05) is 36.5 Å². The monoisotopic (exact) mass is 593 g/mol. The topological polar surface area (TPSA) is 150 Å². The van der Waals surface area contributed by atoms with Gasteiger partial charge in [-0.25, -0.2) is 10.8 Å². The summed E-state index contributed by atoms with van der Waals surface area (Å²) >= 11 is 12.1. The minimum absolute atomic E-state index is 0.0137. The van der Waals surface area contributed by atoms with Crippen molar-refractivity contribution in [3.8, 4) is 22.5 Å². The van der Waals surface area contributed by atoms with Gasteiger partial charge in [-0.05, 0) is 42.7 Å².